The summed E-state index contributed by atoms with van der Waals surface area (Å²) in [5.41, 5.74) is 2.80. The molecule has 11 nitrogen and oxygen atoms in total. The zero-order chi connectivity index (χ0) is 26.8. The van der Waals surface area contributed by atoms with Gasteiger partial charge in [-0.1, -0.05) is 17.7 Å². The van der Waals surface area contributed by atoms with Gasteiger partial charge in [0.25, 0.3) is 0 Å². The van der Waals surface area contributed by atoms with Gasteiger partial charge in [0.2, 0.25) is 0 Å². The Morgan fingerprint density at radius 2 is 1.97 bits per heavy atom. The van der Waals surface area contributed by atoms with Gasteiger partial charge in [-0.3, -0.25) is 9.47 Å². The minimum atomic E-state index is 0.509. The van der Waals surface area contributed by atoms with Gasteiger partial charge >= 0.3 is 0 Å². The Bertz CT molecular complexity index is 1610. The normalized spacial score (nSPS) is 14.3. The van der Waals surface area contributed by atoms with E-state index in [9.17, 15) is 0 Å². The number of aryl methyl sites for hydroxylation is 1. The predicted octanol–water partition coefficient (Wildman–Crippen LogP) is 3.73. The number of halogens is 1. The molecule has 5 aromatic rings. The van der Waals surface area contributed by atoms with Crippen LogP contribution in [0.4, 0.5) is 5.82 Å². The molecule has 1 aliphatic rings. The van der Waals surface area contributed by atoms with Crippen molar-refractivity contribution in [1.29, 1.82) is 0 Å². The Kier molecular flexibility index (Phi) is 7.27. The van der Waals surface area contributed by atoms with Crippen LogP contribution in [0, 0.1) is 0 Å². The van der Waals surface area contributed by atoms with Crippen LogP contribution in [0.5, 0.6) is 5.75 Å². The third-order valence-electron chi connectivity index (χ3n) is 7.03. The molecule has 0 spiro atoms. The van der Waals surface area contributed by atoms with E-state index < -0.39 is 0 Å². The molecule has 39 heavy (non-hydrogen) atoms. The van der Waals surface area contributed by atoms with Crippen molar-refractivity contribution >= 4 is 39.2 Å². The maximum absolute atomic E-state index is 6.34. The minimum Gasteiger partial charge on any atom is -0.495 e. The van der Waals surface area contributed by atoms with E-state index in [1.54, 1.807) is 13.4 Å². The number of benzene rings is 1. The van der Waals surface area contributed by atoms with Crippen molar-refractivity contribution in [3.05, 3.63) is 59.4 Å². The van der Waals surface area contributed by atoms with Crippen LogP contribution >= 0.6 is 11.6 Å². The molecule has 0 atom stereocenters. The molecule has 1 fully saturated rings. The molecule has 0 amide bonds. The smallest absolute Gasteiger partial charge is 0.170 e. The van der Waals surface area contributed by atoms with Crippen LogP contribution < -0.4 is 10.1 Å². The Morgan fingerprint density at radius 3 is 2.77 bits per heavy atom. The number of rotatable bonds is 9. The molecule has 1 saturated heterocycles. The highest BCUT2D eigenvalue weighted by Crippen LogP contribution is 2.32. The molecule has 1 aromatic carbocycles. The molecule has 1 N–H and O–H groups in total. The van der Waals surface area contributed by atoms with E-state index in [1.807, 2.05) is 53.0 Å². The second kappa shape index (κ2) is 11.1. The number of anilines is 1. The molecule has 0 aliphatic carbocycles. The molecule has 1 aliphatic heterocycles. The average molecular weight is 548 g/mol. The maximum atomic E-state index is 6.34. The molecule has 0 bridgehead atoms. The molecule has 5 heterocycles. The first-order valence-corrected chi connectivity index (χ1v) is 13.4. The lowest BCUT2D eigenvalue weighted by molar-refractivity contribution is 0.0383. The van der Waals surface area contributed by atoms with Gasteiger partial charge in [-0.25, -0.2) is 14.6 Å². The Balaban J connectivity index is 1.34. The zero-order valence-corrected chi connectivity index (χ0v) is 22.7. The van der Waals surface area contributed by atoms with Crippen LogP contribution in [0.25, 0.3) is 27.6 Å². The summed E-state index contributed by atoms with van der Waals surface area (Å²) >= 11 is 6.34. The Hall–Kier alpha value is -3.80. The summed E-state index contributed by atoms with van der Waals surface area (Å²) in [6, 6.07) is 5.71. The van der Waals surface area contributed by atoms with Crippen LogP contribution in [0.15, 0.2) is 43.1 Å². The summed E-state index contributed by atoms with van der Waals surface area (Å²) in [5, 5.41) is 20.5. The van der Waals surface area contributed by atoms with Crippen LogP contribution in [0.2, 0.25) is 5.02 Å². The number of fused-ring (bicyclic) bond motifs is 3. The molecule has 12 heteroatoms. The molecular weight excluding hydrogens is 518 g/mol. The van der Waals surface area contributed by atoms with Crippen molar-refractivity contribution in [3.8, 4) is 11.6 Å². The van der Waals surface area contributed by atoms with Gasteiger partial charge in [-0.15, -0.1) is 10.2 Å². The number of hydrogen-bond acceptors (Lipinski definition) is 9. The van der Waals surface area contributed by atoms with E-state index in [2.05, 4.69) is 30.5 Å². The van der Waals surface area contributed by atoms with E-state index in [1.165, 1.54) is 0 Å². The van der Waals surface area contributed by atoms with Gasteiger partial charge in [0, 0.05) is 62.3 Å². The van der Waals surface area contributed by atoms with Crippen LogP contribution in [0.3, 0.4) is 0 Å². The summed E-state index contributed by atoms with van der Waals surface area (Å²) < 4.78 is 14.5. The number of imidazole rings is 1. The Labute approximate surface area is 230 Å². The summed E-state index contributed by atoms with van der Waals surface area (Å²) in [4.78, 5) is 11.8. The third kappa shape index (κ3) is 5.12. The van der Waals surface area contributed by atoms with Gasteiger partial charge in [0.15, 0.2) is 17.3 Å². The highest BCUT2D eigenvalue weighted by molar-refractivity contribution is 6.32. The first-order valence-electron chi connectivity index (χ1n) is 13.0. The lowest BCUT2D eigenvalue weighted by atomic mass is 10.1. The molecule has 0 saturated carbocycles. The number of methoxy groups -OCH3 is 1. The van der Waals surface area contributed by atoms with Crippen LogP contribution in [0.1, 0.15) is 18.2 Å². The van der Waals surface area contributed by atoms with Crippen molar-refractivity contribution < 1.29 is 9.47 Å². The first-order chi connectivity index (χ1) is 19.1. The first kappa shape index (κ1) is 25.5. The van der Waals surface area contributed by atoms with Gasteiger partial charge in [-0.05, 0) is 24.6 Å². The topological polar surface area (TPSA) is 108 Å². The van der Waals surface area contributed by atoms with Crippen molar-refractivity contribution in [2.75, 3.05) is 45.3 Å². The fourth-order valence-electron chi connectivity index (χ4n) is 4.91. The van der Waals surface area contributed by atoms with Gasteiger partial charge in [0.1, 0.15) is 12.1 Å². The third-order valence-corrected chi connectivity index (χ3v) is 7.33. The van der Waals surface area contributed by atoms with Gasteiger partial charge in [-0.2, -0.15) is 5.10 Å². The second-order valence-electron chi connectivity index (χ2n) is 9.42. The fraction of sp³-hybridized carbons (Fsp3) is 0.370. The summed E-state index contributed by atoms with van der Waals surface area (Å²) in [6.07, 6.45) is 8.36. The average Bonchev–Trinajstić information content (AvgIpc) is 3.62. The minimum absolute atomic E-state index is 0.509. The Morgan fingerprint density at radius 1 is 1.10 bits per heavy atom. The molecule has 0 unspecified atom stereocenters. The zero-order valence-electron chi connectivity index (χ0n) is 22.0. The molecule has 6 rings (SSSR count). The SMILES string of the molecule is CCn1ncc2c3c(NCc4ccc(OC)c(Cl)c4)nnc(-n4cnc(CCN5CCOCC5)c4)c3cnc21. The van der Waals surface area contributed by atoms with E-state index in [4.69, 9.17) is 26.1 Å². The molecule has 4 aromatic heterocycles. The molecular formula is C27H30ClN9O2. The lowest BCUT2D eigenvalue weighted by Gasteiger charge is -2.26. The standard InChI is InChI=1S/C27H30ClN9O2/c1-3-37-26-21(15-32-37)24-20(14-30-26)27(36-16-19(31-17-36)6-7-35-8-10-39-11-9-35)34-33-25(24)29-13-18-4-5-23(38-2)22(28)12-18/h4-5,12,14-17H,3,6-11,13H2,1-2H3,(H,29,33). The number of hydrogen-bond donors (Lipinski definition) is 1. The van der Waals surface area contributed by atoms with Gasteiger partial charge < -0.3 is 14.8 Å². The number of pyridine rings is 1. The number of aromatic nitrogens is 7. The van der Waals surface area contributed by atoms with Crippen molar-refractivity contribution in [3.63, 3.8) is 0 Å². The second-order valence-corrected chi connectivity index (χ2v) is 9.82. The predicted molar refractivity (Wildman–Crippen MR) is 150 cm³/mol. The quantitative estimate of drug-likeness (QED) is 0.295. The fourth-order valence-corrected chi connectivity index (χ4v) is 5.19. The highest BCUT2D eigenvalue weighted by atomic mass is 35.5. The monoisotopic (exact) mass is 547 g/mol. The maximum Gasteiger partial charge on any atom is 0.170 e. The largest absolute Gasteiger partial charge is 0.495 e. The van der Waals surface area contributed by atoms with Crippen molar-refractivity contribution in [1.82, 2.24) is 39.4 Å². The van der Waals surface area contributed by atoms with E-state index in [-0.39, 0.29) is 0 Å². The summed E-state index contributed by atoms with van der Waals surface area (Å²) in [5.74, 6) is 1.96. The van der Waals surface area contributed by atoms with Crippen molar-refractivity contribution in [2.45, 2.75) is 26.4 Å². The van der Waals surface area contributed by atoms with E-state index in [0.29, 0.717) is 35.5 Å². The lowest BCUT2D eigenvalue weighted by Crippen LogP contribution is -2.37. The van der Waals surface area contributed by atoms with E-state index >= 15 is 0 Å². The number of nitrogens with zero attached hydrogens (tertiary/aromatic N) is 8. The number of nitrogens with one attached hydrogen (secondary N) is 1. The molecule has 0 radical (unpaired) electrons. The number of morpholine rings is 1. The van der Waals surface area contributed by atoms with Crippen molar-refractivity contribution in [2.24, 2.45) is 0 Å². The number of ether oxygens (including phenoxy) is 2. The summed E-state index contributed by atoms with van der Waals surface area (Å²) in [7, 11) is 1.60. The van der Waals surface area contributed by atoms with Gasteiger partial charge in [0.05, 0.1) is 42.6 Å². The summed E-state index contributed by atoms with van der Waals surface area (Å²) in [6.45, 7) is 7.72. The van der Waals surface area contributed by atoms with Crippen LogP contribution in [-0.2, 0) is 24.2 Å². The molecule has 202 valence electrons. The highest BCUT2D eigenvalue weighted by Gasteiger charge is 2.18. The van der Waals surface area contributed by atoms with E-state index in [0.717, 1.165) is 72.3 Å². The van der Waals surface area contributed by atoms with Crippen LogP contribution in [-0.4, -0.2) is 79.4 Å².